The highest BCUT2D eigenvalue weighted by Crippen LogP contribution is 2.13. The third-order valence-electron chi connectivity index (χ3n) is 3.56. The molecule has 124 valence electrons. The number of carbonyl (C=O) groups excluding carboxylic acids is 1. The van der Waals surface area contributed by atoms with Crippen molar-refractivity contribution >= 4 is 15.9 Å². The number of hydrogen-bond donors (Lipinski definition) is 2. The molecule has 1 aromatic rings. The molecule has 2 N–H and O–H groups in total. The van der Waals surface area contributed by atoms with Gasteiger partial charge < -0.3 is 10.6 Å². The van der Waals surface area contributed by atoms with E-state index in [1.165, 1.54) is 0 Å². The van der Waals surface area contributed by atoms with Gasteiger partial charge in [0.25, 0.3) is 0 Å². The summed E-state index contributed by atoms with van der Waals surface area (Å²) in [4.78, 5) is 12.2. The Bertz CT molecular complexity index is 607. The summed E-state index contributed by atoms with van der Waals surface area (Å²) in [5.74, 6) is -0.129. The third kappa shape index (κ3) is 5.67. The second-order valence-electron chi connectivity index (χ2n) is 6.33. The molecule has 0 saturated heterocycles. The maximum absolute atomic E-state index is 12.3. The normalized spacial score (nSPS) is 13.5. The van der Waals surface area contributed by atoms with Crippen molar-refractivity contribution in [1.82, 2.24) is 10.6 Å². The predicted molar refractivity (Wildman–Crippen MR) is 88.7 cm³/mol. The number of hydrogen-bond acceptors (Lipinski definition) is 3. The predicted octanol–water partition coefficient (Wildman–Crippen LogP) is 2.65. The number of urea groups is 1. The van der Waals surface area contributed by atoms with Gasteiger partial charge in [0.15, 0.2) is 9.84 Å². The van der Waals surface area contributed by atoms with Gasteiger partial charge in [0.2, 0.25) is 0 Å². The molecule has 1 atom stereocenters. The zero-order valence-electron chi connectivity index (χ0n) is 13.9. The molecule has 0 aliphatic carbocycles. The molecule has 0 aliphatic rings. The van der Waals surface area contributed by atoms with E-state index < -0.39 is 15.9 Å². The van der Waals surface area contributed by atoms with Gasteiger partial charge >= 0.3 is 6.03 Å². The van der Waals surface area contributed by atoms with Crippen LogP contribution in [0.4, 0.5) is 4.79 Å². The molecule has 2 amide bonds. The van der Waals surface area contributed by atoms with Crippen LogP contribution in [0.5, 0.6) is 0 Å². The van der Waals surface area contributed by atoms with Crippen LogP contribution in [0.2, 0.25) is 0 Å². The van der Waals surface area contributed by atoms with Crippen LogP contribution < -0.4 is 10.6 Å². The Labute approximate surface area is 133 Å². The van der Waals surface area contributed by atoms with E-state index in [0.717, 1.165) is 12.0 Å². The number of carbonyl (C=O) groups is 1. The van der Waals surface area contributed by atoms with Gasteiger partial charge in [-0.15, -0.1) is 0 Å². The molecule has 1 rings (SSSR count). The van der Waals surface area contributed by atoms with Gasteiger partial charge in [-0.3, -0.25) is 0 Å². The van der Waals surface area contributed by atoms with Crippen LogP contribution in [0.1, 0.15) is 39.7 Å². The summed E-state index contributed by atoms with van der Waals surface area (Å²) in [6, 6.07) is 5.90. The fraction of sp³-hybridized carbons (Fsp3) is 0.562. The van der Waals surface area contributed by atoms with Gasteiger partial charge in [-0.1, -0.05) is 24.6 Å². The summed E-state index contributed by atoms with van der Waals surface area (Å²) < 4.78 is 24.6. The molecule has 0 aliphatic heterocycles. The Morgan fingerprint density at radius 2 is 1.77 bits per heavy atom. The van der Waals surface area contributed by atoms with E-state index in [0.29, 0.717) is 0 Å². The third-order valence-corrected chi connectivity index (χ3v) is 5.49. The fourth-order valence-electron chi connectivity index (χ4n) is 1.87. The molecule has 0 bridgehead atoms. The van der Waals surface area contributed by atoms with Crippen molar-refractivity contribution in [3.05, 3.63) is 29.8 Å². The fourth-order valence-corrected chi connectivity index (χ4v) is 3.35. The number of sulfone groups is 1. The first-order valence-corrected chi connectivity index (χ1v) is 9.09. The van der Waals surface area contributed by atoms with Crippen LogP contribution in [0.15, 0.2) is 29.2 Å². The van der Waals surface area contributed by atoms with Crippen LogP contribution in [0.3, 0.4) is 0 Å². The largest absolute Gasteiger partial charge is 0.335 e. The Kier molecular flexibility index (Phi) is 6.00. The van der Waals surface area contributed by atoms with E-state index in [2.05, 4.69) is 10.6 Å². The van der Waals surface area contributed by atoms with E-state index in [1.54, 1.807) is 31.2 Å². The summed E-state index contributed by atoms with van der Waals surface area (Å²) in [7, 11) is -3.41. The lowest BCUT2D eigenvalue weighted by Gasteiger charge is -2.26. The van der Waals surface area contributed by atoms with Gasteiger partial charge in [-0.2, -0.15) is 0 Å². The molecule has 1 aromatic carbocycles. The van der Waals surface area contributed by atoms with Crippen molar-refractivity contribution in [1.29, 1.82) is 0 Å². The summed E-state index contributed by atoms with van der Waals surface area (Å²) in [6.45, 7) is 9.40. The van der Waals surface area contributed by atoms with Crippen molar-refractivity contribution in [2.75, 3.05) is 5.75 Å². The van der Waals surface area contributed by atoms with Gasteiger partial charge in [0.05, 0.1) is 10.6 Å². The second kappa shape index (κ2) is 7.13. The van der Waals surface area contributed by atoms with Gasteiger partial charge in [0.1, 0.15) is 0 Å². The summed E-state index contributed by atoms with van der Waals surface area (Å²) in [5, 5.41) is 5.50. The minimum Gasteiger partial charge on any atom is -0.335 e. The number of nitrogens with one attached hydrogen (secondary N) is 2. The molecule has 0 saturated carbocycles. The second-order valence-corrected chi connectivity index (χ2v) is 8.37. The van der Waals surface area contributed by atoms with Crippen molar-refractivity contribution < 1.29 is 13.2 Å². The van der Waals surface area contributed by atoms with Gasteiger partial charge in [-0.25, -0.2) is 13.2 Å². The summed E-state index contributed by atoms with van der Waals surface area (Å²) in [5.41, 5.74) is 0.686. The van der Waals surface area contributed by atoms with Gasteiger partial charge in [0, 0.05) is 11.6 Å². The number of amides is 2. The quantitative estimate of drug-likeness (QED) is 0.844. The lowest BCUT2D eigenvalue weighted by atomic mass is 10.0. The van der Waals surface area contributed by atoms with Crippen LogP contribution in [-0.4, -0.2) is 31.8 Å². The average Bonchev–Trinajstić information content (AvgIpc) is 2.37. The molecule has 1 unspecified atom stereocenters. The molecule has 0 spiro atoms. The SMILES string of the molecule is CCC(C)(C)NC(=O)NC(C)CS(=O)(=O)c1ccc(C)cc1. The summed E-state index contributed by atoms with van der Waals surface area (Å²) >= 11 is 0. The molecule has 6 heteroatoms. The molecule has 0 heterocycles. The van der Waals surface area contributed by atoms with Crippen molar-refractivity contribution in [3.63, 3.8) is 0 Å². The van der Waals surface area contributed by atoms with Crippen molar-refractivity contribution in [3.8, 4) is 0 Å². The first-order chi connectivity index (χ1) is 10.1. The zero-order valence-corrected chi connectivity index (χ0v) is 14.8. The zero-order chi connectivity index (χ0) is 17.0. The molecule has 0 radical (unpaired) electrons. The highest BCUT2D eigenvalue weighted by molar-refractivity contribution is 7.91. The standard InChI is InChI=1S/C16H26N2O3S/c1-6-16(4,5)18-15(19)17-13(3)11-22(20,21)14-9-7-12(2)8-10-14/h7-10,13H,6,11H2,1-5H3,(H2,17,18,19). The maximum atomic E-state index is 12.3. The lowest BCUT2D eigenvalue weighted by molar-refractivity contribution is 0.226. The first-order valence-electron chi connectivity index (χ1n) is 7.44. The minimum atomic E-state index is -3.41. The Balaban J connectivity index is 2.66. The van der Waals surface area contributed by atoms with Crippen LogP contribution >= 0.6 is 0 Å². The monoisotopic (exact) mass is 326 g/mol. The maximum Gasteiger partial charge on any atom is 0.315 e. The van der Waals surface area contributed by atoms with Crippen molar-refractivity contribution in [2.45, 2.75) is 57.5 Å². The number of benzene rings is 1. The highest BCUT2D eigenvalue weighted by Gasteiger charge is 2.22. The number of rotatable bonds is 6. The molecule has 5 nitrogen and oxygen atoms in total. The molecular formula is C16H26N2O3S. The smallest absolute Gasteiger partial charge is 0.315 e. The van der Waals surface area contributed by atoms with Crippen LogP contribution in [-0.2, 0) is 9.84 Å². The van der Waals surface area contributed by atoms with E-state index in [9.17, 15) is 13.2 Å². The number of aryl methyl sites for hydroxylation is 1. The van der Waals surface area contributed by atoms with Gasteiger partial charge in [-0.05, 0) is 46.2 Å². The Hall–Kier alpha value is -1.56. The van der Waals surface area contributed by atoms with E-state index in [4.69, 9.17) is 0 Å². The lowest BCUT2D eigenvalue weighted by Crippen LogP contribution is -2.51. The van der Waals surface area contributed by atoms with Crippen molar-refractivity contribution in [2.24, 2.45) is 0 Å². The van der Waals surface area contributed by atoms with Crippen LogP contribution in [0, 0.1) is 6.92 Å². The van der Waals surface area contributed by atoms with E-state index in [-0.39, 0.29) is 22.2 Å². The molecular weight excluding hydrogens is 300 g/mol. The molecule has 0 aromatic heterocycles. The van der Waals surface area contributed by atoms with Crippen LogP contribution in [0.25, 0.3) is 0 Å². The highest BCUT2D eigenvalue weighted by atomic mass is 32.2. The summed E-state index contributed by atoms with van der Waals surface area (Å²) in [6.07, 6.45) is 0.788. The molecule has 22 heavy (non-hydrogen) atoms. The van der Waals surface area contributed by atoms with E-state index >= 15 is 0 Å². The Morgan fingerprint density at radius 1 is 1.23 bits per heavy atom. The first kappa shape index (κ1) is 18.5. The average molecular weight is 326 g/mol. The van der Waals surface area contributed by atoms with E-state index in [1.807, 2.05) is 27.7 Å². The topological polar surface area (TPSA) is 75.3 Å². The Morgan fingerprint density at radius 3 is 2.27 bits per heavy atom. The minimum absolute atomic E-state index is 0.129. The molecule has 0 fully saturated rings.